The van der Waals surface area contributed by atoms with Gasteiger partial charge in [-0.2, -0.15) is 0 Å². The summed E-state index contributed by atoms with van der Waals surface area (Å²) in [6.07, 6.45) is 2.02. The number of amides is 1. The molecule has 1 amide bonds. The van der Waals surface area contributed by atoms with E-state index in [2.05, 4.69) is 26.1 Å². The van der Waals surface area contributed by atoms with Crippen molar-refractivity contribution in [3.63, 3.8) is 0 Å². The molecule has 0 radical (unpaired) electrons. The summed E-state index contributed by atoms with van der Waals surface area (Å²) in [6, 6.07) is 0.411. The molecule has 0 aromatic carbocycles. The van der Waals surface area contributed by atoms with E-state index in [1.807, 2.05) is 0 Å². The van der Waals surface area contributed by atoms with Crippen LogP contribution in [-0.4, -0.2) is 11.9 Å². The maximum Gasteiger partial charge on any atom is 0.220 e. The Morgan fingerprint density at radius 1 is 1.58 bits per heavy atom. The zero-order chi connectivity index (χ0) is 8.93. The van der Waals surface area contributed by atoms with Crippen molar-refractivity contribution < 1.29 is 4.79 Å². The summed E-state index contributed by atoms with van der Waals surface area (Å²) in [5.41, 5.74) is 0.377. The van der Waals surface area contributed by atoms with Gasteiger partial charge in [0, 0.05) is 12.5 Å². The Hall–Kier alpha value is -0.530. The lowest BCUT2D eigenvalue weighted by Gasteiger charge is -2.29. The van der Waals surface area contributed by atoms with Crippen molar-refractivity contribution in [1.29, 1.82) is 0 Å². The third-order valence-electron chi connectivity index (χ3n) is 3.81. The number of fused-ring (bicyclic) bond motifs is 1. The van der Waals surface area contributed by atoms with Crippen molar-refractivity contribution in [2.75, 3.05) is 0 Å². The van der Waals surface area contributed by atoms with Gasteiger partial charge in [0.2, 0.25) is 5.91 Å². The molecule has 3 atom stereocenters. The molecule has 1 N–H and O–H groups in total. The number of hydrogen-bond donors (Lipinski definition) is 1. The van der Waals surface area contributed by atoms with Crippen LogP contribution in [0.15, 0.2) is 0 Å². The van der Waals surface area contributed by atoms with Crippen LogP contribution in [0.5, 0.6) is 0 Å². The van der Waals surface area contributed by atoms with Crippen molar-refractivity contribution in [1.82, 2.24) is 5.32 Å². The molecular formula is C10H17NO. The number of carbonyl (C=O) groups is 1. The normalized spacial score (nSPS) is 45.5. The Balaban J connectivity index is 2.17. The molecule has 2 heteroatoms. The standard InChI is InChI=1S/C10H17NO/c1-6(2)10-4-8(10)7(3)11-9(12)5-10/h6-8H,4-5H2,1-3H3,(H,11,12). The third-order valence-corrected chi connectivity index (χ3v) is 3.81. The number of nitrogens with one attached hydrogen (secondary N) is 1. The highest BCUT2D eigenvalue weighted by molar-refractivity contribution is 5.79. The van der Waals surface area contributed by atoms with Crippen molar-refractivity contribution in [3.05, 3.63) is 0 Å². The molecule has 1 heterocycles. The van der Waals surface area contributed by atoms with Gasteiger partial charge in [0.1, 0.15) is 0 Å². The van der Waals surface area contributed by atoms with Gasteiger partial charge >= 0.3 is 0 Å². The number of piperidine rings is 1. The second kappa shape index (κ2) is 2.24. The van der Waals surface area contributed by atoms with Gasteiger partial charge in [-0.3, -0.25) is 4.79 Å². The Kier molecular flexibility index (Phi) is 1.51. The molecular weight excluding hydrogens is 150 g/mol. The largest absolute Gasteiger partial charge is 0.353 e. The monoisotopic (exact) mass is 167 g/mol. The molecule has 2 fully saturated rings. The summed E-state index contributed by atoms with van der Waals surface area (Å²) >= 11 is 0. The van der Waals surface area contributed by atoms with Gasteiger partial charge in [0.05, 0.1) is 0 Å². The van der Waals surface area contributed by atoms with E-state index < -0.39 is 0 Å². The number of carbonyl (C=O) groups excluding carboxylic acids is 1. The molecule has 0 aromatic rings. The van der Waals surface area contributed by atoms with Crippen LogP contribution < -0.4 is 5.32 Å². The molecule has 1 saturated heterocycles. The molecule has 0 spiro atoms. The van der Waals surface area contributed by atoms with Gasteiger partial charge in [0.25, 0.3) is 0 Å². The van der Waals surface area contributed by atoms with Crippen molar-refractivity contribution in [2.24, 2.45) is 17.3 Å². The van der Waals surface area contributed by atoms with Crippen LogP contribution in [0.2, 0.25) is 0 Å². The zero-order valence-corrected chi connectivity index (χ0v) is 8.05. The molecule has 0 bridgehead atoms. The van der Waals surface area contributed by atoms with Crippen LogP contribution in [-0.2, 0) is 4.79 Å². The maximum absolute atomic E-state index is 11.3. The maximum atomic E-state index is 11.3. The summed E-state index contributed by atoms with van der Waals surface area (Å²) in [7, 11) is 0. The van der Waals surface area contributed by atoms with Gasteiger partial charge in [-0.05, 0) is 30.6 Å². The summed E-state index contributed by atoms with van der Waals surface area (Å²) in [6.45, 7) is 6.61. The van der Waals surface area contributed by atoms with Gasteiger partial charge in [0.15, 0.2) is 0 Å². The molecule has 68 valence electrons. The minimum absolute atomic E-state index is 0.255. The quantitative estimate of drug-likeness (QED) is 0.631. The Labute approximate surface area is 73.7 Å². The topological polar surface area (TPSA) is 29.1 Å². The van der Waals surface area contributed by atoms with Crippen LogP contribution in [0.25, 0.3) is 0 Å². The molecule has 0 aromatic heterocycles. The van der Waals surface area contributed by atoms with Gasteiger partial charge in [-0.25, -0.2) is 0 Å². The SMILES string of the molecule is CC1NC(=O)CC2(C(C)C)CC12. The van der Waals surface area contributed by atoms with Crippen molar-refractivity contribution in [2.45, 2.75) is 39.7 Å². The summed E-state index contributed by atoms with van der Waals surface area (Å²) in [5, 5.41) is 3.01. The average Bonchev–Trinajstić information content (AvgIpc) is 2.63. The van der Waals surface area contributed by atoms with Crippen LogP contribution in [0, 0.1) is 17.3 Å². The highest BCUT2D eigenvalue weighted by atomic mass is 16.1. The van der Waals surface area contributed by atoms with Crippen molar-refractivity contribution in [3.8, 4) is 0 Å². The molecule has 1 aliphatic heterocycles. The first-order valence-electron chi connectivity index (χ1n) is 4.85. The van der Waals surface area contributed by atoms with Crippen LogP contribution in [0.4, 0.5) is 0 Å². The van der Waals surface area contributed by atoms with E-state index in [1.165, 1.54) is 6.42 Å². The predicted molar refractivity (Wildman–Crippen MR) is 47.6 cm³/mol. The minimum Gasteiger partial charge on any atom is -0.353 e. The van der Waals surface area contributed by atoms with E-state index >= 15 is 0 Å². The number of hydrogen-bond acceptors (Lipinski definition) is 1. The second-order valence-electron chi connectivity index (χ2n) is 4.73. The fraction of sp³-hybridized carbons (Fsp3) is 0.900. The van der Waals surface area contributed by atoms with E-state index in [9.17, 15) is 4.79 Å². The molecule has 2 aliphatic rings. The van der Waals surface area contributed by atoms with Gasteiger partial charge < -0.3 is 5.32 Å². The van der Waals surface area contributed by atoms with Gasteiger partial charge in [-0.1, -0.05) is 13.8 Å². The molecule has 12 heavy (non-hydrogen) atoms. The average molecular weight is 167 g/mol. The van der Waals surface area contributed by atoms with E-state index in [1.54, 1.807) is 0 Å². The highest BCUT2D eigenvalue weighted by Crippen LogP contribution is 2.63. The molecule has 2 rings (SSSR count). The van der Waals surface area contributed by atoms with Crippen LogP contribution >= 0.6 is 0 Å². The summed E-state index contributed by atoms with van der Waals surface area (Å²) in [4.78, 5) is 11.3. The Bertz CT molecular complexity index is 224. The van der Waals surface area contributed by atoms with E-state index in [0.29, 0.717) is 17.4 Å². The zero-order valence-electron chi connectivity index (χ0n) is 8.05. The lowest BCUT2D eigenvalue weighted by atomic mass is 9.82. The first-order chi connectivity index (χ1) is 5.56. The van der Waals surface area contributed by atoms with Gasteiger partial charge in [-0.15, -0.1) is 0 Å². The lowest BCUT2D eigenvalue weighted by Crippen LogP contribution is -2.43. The molecule has 1 saturated carbocycles. The summed E-state index contributed by atoms with van der Waals surface area (Å²) < 4.78 is 0. The minimum atomic E-state index is 0.255. The molecule has 2 nitrogen and oxygen atoms in total. The number of rotatable bonds is 1. The van der Waals surface area contributed by atoms with E-state index in [4.69, 9.17) is 0 Å². The Morgan fingerprint density at radius 3 is 2.83 bits per heavy atom. The van der Waals surface area contributed by atoms with Crippen LogP contribution in [0.1, 0.15) is 33.6 Å². The molecule has 3 unspecified atom stereocenters. The Morgan fingerprint density at radius 2 is 2.25 bits per heavy atom. The summed E-state index contributed by atoms with van der Waals surface area (Å²) in [5.74, 6) is 1.68. The first kappa shape index (κ1) is 8.09. The fourth-order valence-corrected chi connectivity index (χ4v) is 2.80. The second-order valence-corrected chi connectivity index (χ2v) is 4.73. The lowest BCUT2D eigenvalue weighted by molar-refractivity contribution is -0.125. The fourth-order valence-electron chi connectivity index (χ4n) is 2.80. The van der Waals surface area contributed by atoms with Crippen molar-refractivity contribution >= 4 is 5.91 Å². The van der Waals surface area contributed by atoms with Crippen LogP contribution in [0.3, 0.4) is 0 Å². The smallest absolute Gasteiger partial charge is 0.220 e. The molecule has 1 aliphatic carbocycles. The predicted octanol–water partition coefficient (Wildman–Crippen LogP) is 1.56. The van der Waals surface area contributed by atoms with E-state index in [-0.39, 0.29) is 5.91 Å². The first-order valence-corrected chi connectivity index (χ1v) is 4.85. The third kappa shape index (κ3) is 0.900. The highest BCUT2D eigenvalue weighted by Gasteiger charge is 2.61. The van der Waals surface area contributed by atoms with E-state index in [0.717, 1.165) is 12.3 Å².